The minimum atomic E-state index is -0.876. The van der Waals surface area contributed by atoms with E-state index in [0.717, 1.165) is 18.4 Å². The van der Waals surface area contributed by atoms with Crippen LogP contribution in [0.5, 0.6) is 0 Å². The van der Waals surface area contributed by atoms with Crippen molar-refractivity contribution in [2.45, 2.75) is 66.6 Å². The Morgan fingerprint density at radius 1 is 1.04 bits per heavy atom. The van der Waals surface area contributed by atoms with Gasteiger partial charge < -0.3 is 9.47 Å². The van der Waals surface area contributed by atoms with Crippen LogP contribution in [0.1, 0.15) is 59.4 Å². The van der Waals surface area contributed by atoms with Gasteiger partial charge in [-0.3, -0.25) is 9.59 Å². The van der Waals surface area contributed by atoms with Crippen LogP contribution in [-0.4, -0.2) is 18.0 Å². The van der Waals surface area contributed by atoms with Gasteiger partial charge in [-0.2, -0.15) is 0 Å². The van der Waals surface area contributed by atoms with E-state index < -0.39 is 17.9 Å². The summed E-state index contributed by atoms with van der Waals surface area (Å²) in [6.45, 7) is 10.4. The van der Waals surface area contributed by atoms with E-state index >= 15 is 0 Å². The highest BCUT2D eigenvalue weighted by molar-refractivity contribution is 5.95. The van der Waals surface area contributed by atoms with Gasteiger partial charge in [0.1, 0.15) is 12.7 Å². The second-order valence-corrected chi connectivity index (χ2v) is 8.62. The zero-order valence-electron chi connectivity index (χ0n) is 17.3. The average Bonchev–Trinajstić information content (AvgIpc) is 2.60. The van der Waals surface area contributed by atoms with E-state index in [2.05, 4.69) is 20.8 Å². The molecule has 4 nitrogen and oxygen atoms in total. The number of esters is 2. The molecule has 0 aromatic heterocycles. The summed E-state index contributed by atoms with van der Waals surface area (Å²) in [4.78, 5) is 25.5. The van der Waals surface area contributed by atoms with E-state index in [9.17, 15) is 9.59 Å². The smallest absolute Gasteiger partial charge is 0.320 e. The largest absolute Gasteiger partial charge is 0.461 e. The van der Waals surface area contributed by atoms with E-state index in [0.29, 0.717) is 17.8 Å². The third-order valence-electron chi connectivity index (χ3n) is 5.63. The molecule has 0 saturated heterocycles. The lowest BCUT2D eigenvalue weighted by molar-refractivity contribution is -0.172. The molecule has 0 bridgehead atoms. The number of benzene rings is 1. The topological polar surface area (TPSA) is 52.6 Å². The van der Waals surface area contributed by atoms with Gasteiger partial charge in [0.05, 0.1) is 0 Å². The molecule has 4 heteroatoms. The normalized spacial score (nSPS) is 23.9. The molecule has 1 saturated carbocycles. The highest BCUT2D eigenvalue weighted by Crippen LogP contribution is 2.36. The molecule has 1 aromatic rings. The lowest BCUT2D eigenvalue weighted by atomic mass is 9.75. The number of ether oxygens (including phenoxy) is 2. The average molecular weight is 375 g/mol. The number of hydrogen-bond donors (Lipinski definition) is 0. The van der Waals surface area contributed by atoms with Crippen molar-refractivity contribution in [2.75, 3.05) is 0 Å². The van der Waals surface area contributed by atoms with Crippen molar-refractivity contribution in [3.05, 3.63) is 35.9 Å². The summed E-state index contributed by atoms with van der Waals surface area (Å²) in [7, 11) is 0. The molecule has 150 valence electrons. The van der Waals surface area contributed by atoms with Gasteiger partial charge in [-0.1, -0.05) is 71.4 Å². The van der Waals surface area contributed by atoms with Crippen LogP contribution >= 0.6 is 0 Å². The van der Waals surface area contributed by atoms with E-state index in [1.807, 2.05) is 44.2 Å². The van der Waals surface area contributed by atoms with Crippen LogP contribution in [0.2, 0.25) is 0 Å². The Kier molecular flexibility index (Phi) is 7.88. The zero-order chi connectivity index (χ0) is 20.0. The Balaban J connectivity index is 2.01. The first-order valence-electron chi connectivity index (χ1n) is 10.2. The lowest BCUT2D eigenvalue weighted by Crippen LogP contribution is -2.40. The molecule has 0 spiro atoms. The third-order valence-corrected chi connectivity index (χ3v) is 5.63. The highest BCUT2D eigenvalue weighted by Gasteiger charge is 2.38. The molecule has 1 aliphatic rings. The van der Waals surface area contributed by atoms with Gasteiger partial charge in [-0.25, -0.2) is 0 Å². The van der Waals surface area contributed by atoms with Crippen LogP contribution in [0, 0.1) is 29.6 Å². The summed E-state index contributed by atoms with van der Waals surface area (Å²) in [6.07, 6.45) is 3.01. The molecule has 4 atom stereocenters. The van der Waals surface area contributed by atoms with Crippen LogP contribution in [0.4, 0.5) is 0 Å². The second-order valence-electron chi connectivity index (χ2n) is 8.62. The second kappa shape index (κ2) is 9.91. The van der Waals surface area contributed by atoms with Crippen molar-refractivity contribution in [3.63, 3.8) is 0 Å². The van der Waals surface area contributed by atoms with E-state index in [1.165, 1.54) is 6.42 Å². The van der Waals surface area contributed by atoms with Gasteiger partial charge in [0.25, 0.3) is 0 Å². The molecular weight excluding hydrogens is 340 g/mol. The van der Waals surface area contributed by atoms with Gasteiger partial charge in [0.2, 0.25) is 0 Å². The van der Waals surface area contributed by atoms with Gasteiger partial charge in [-0.15, -0.1) is 0 Å². The third kappa shape index (κ3) is 6.08. The molecule has 0 radical (unpaired) electrons. The number of rotatable bonds is 7. The molecule has 0 unspecified atom stereocenters. The Hall–Kier alpha value is -1.84. The van der Waals surface area contributed by atoms with Crippen LogP contribution in [-0.2, 0) is 25.7 Å². The maximum absolute atomic E-state index is 12.9. The minimum absolute atomic E-state index is 0.107. The quantitative estimate of drug-likeness (QED) is 0.497. The van der Waals surface area contributed by atoms with Crippen molar-refractivity contribution in [1.29, 1.82) is 0 Å². The molecule has 0 amide bonds. The molecule has 2 rings (SSSR count). The van der Waals surface area contributed by atoms with Crippen LogP contribution < -0.4 is 0 Å². The maximum atomic E-state index is 12.9. The minimum Gasteiger partial charge on any atom is -0.461 e. The molecule has 27 heavy (non-hydrogen) atoms. The predicted molar refractivity (Wildman–Crippen MR) is 106 cm³/mol. The summed E-state index contributed by atoms with van der Waals surface area (Å²) in [5.74, 6) is -0.619. The Labute approximate surface area is 163 Å². The molecule has 1 aliphatic carbocycles. The molecule has 1 fully saturated rings. The van der Waals surface area contributed by atoms with Crippen molar-refractivity contribution in [2.24, 2.45) is 29.6 Å². The van der Waals surface area contributed by atoms with Gasteiger partial charge in [-0.05, 0) is 42.1 Å². The number of carbonyl (C=O) groups is 2. The molecular formula is C23H34O4. The molecule has 1 aromatic carbocycles. The fraction of sp³-hybridized carbons (Fsp3) is 0.652. The first-order chi connectivity index (χ1) is 12.8. The van der Waals surface area contributed by atoms with Crippen LogP contribution in [0.3, 0.4) is 0 Å². The zero-order valence-corrected chi connectivity index (χ0v) is 17.3. The summed E-state index contributed by atoms with van der Waals surface area (Å²) in [5.41, 5.74) is 0.905. The standard InChI is InChI=1S/C23H34O4/c1-15(2)19-12-11-17(5)13-20(19)27-23(25)21(16(3)4)22(24)26-14-18-9-7-6-8-10-18/h6-10,15-17,19-21H,11-14H2,1-5H3/t17-,19+,20-,21-/m1/s1. The summed E-state index contributed by atoms with van der Waals surface area (Å²) >= 11 is 0. The molecule has 0 N–H and O–H groups in total. The SMILES string of the molecule is CC(C)[C@H](C(=O)OCc1ccccc1)C(=O)O[C@@H]1C[C@H](C)CC[C@H]1C(C)C. The monoisotopic (exact) mass is 374 g/mol. The van der Waals surface area contributed by atoms with Crippen LogP contribution in [0.15, 0.2) is 30.3 Å². The van der Waals surface area contributed by atoms with E-state index in [1.54, 1.807) is 0 Å². The number of hydrogen-bond acceptors (Lipinski definition) is 4. The van der Waals surface area contributed by atoms with E-state index in [4.69, 9.17) is 9.47 Å². The lowest BCUT2D eigenvalue weighted by Gasteiger charge is -2.37. The summed E-state index contributed by atoms with van der Waals surface area (Å²) in [5, 5.41) is 0. The maximum Gasteiger partial charge on any atom is 0.320 e. The molecule has 0 aliphatic heterocycles. The molecule has 0 heterocycles. The van der Waals surface area contributed by atoms with Crippen molar-refractivity contribution in [3.8, 4) is 0 Å². The van der Waals surface area contributed by atoms with Gasteiger partial charge >= 0.3 is 11.9 Å². The van der Waals surface area contributed by atoms with Gasteiger partial charge in [0.15, 0.2) is 5.92 Å². The van der Waals surface area contributed by atoms with E-state index in [-0.39, 0.29) is 18.6 Å². The van der Waals surface area contributed by atoms with Crippen molar-refractivity contribution < 1.29 is 19.1 Å². The fourth-order valence-corrected chi connectivity index (χ4v) is 3.93. The Bertz CT molecular complexity index is 608. The van der Waals surface area contributed by atoms with Crippen molar-refractivity contribution in [1.82, 2.24) is 0 Å². The van der Waals surface area contributed by atoms with Gasteiger partial charge in [0, 0.05) is 0 Å². The number of carbonyl (C=O) groups excluding carboxylic acids is 2. The highest BCUT2D eigenvalue weighted by atomic mass is 16.6. The Morgan fingerprint density at radius 2 is 1.70 bits per heavy atom. The first-order valence-corrected chi connectivity index (χ1v) is 10.2. The summed E-state index contributed by atoms with van der Waals surface area (Å²) in [6, 6.07) is 9.50. The van der Waals surface area contributed by atoms with Crippen LogP contribution in [0.25, 0.3) is 0 Å². The fourth-order valence-electron chi connectivity index (χ4n) is 3.93. The predicted octanol–water partition coefficient (Wildman–Crippen LogP) is 5.01. The summed E-state index contributed by atoms with van der Waals surface area (Å²) < 4.78 is 11.3. The first kappa shape index (κ1) is 21.5. The van der Waals surface area contributed by atoms with Crippen molar-refractivity contribution >= 4 is 11.9 Å². The Morgan fingerprint density at radius 3 is 2.30 bits per heavy atom.